The van der Waals surface area contributed by atoms with E-state index in [1.54, 1.807) is 0 Å². The van der Waals surface area contributed by atoms with Crippen LogP contribution < -0.4 is 15.8 Å². The van der Waals surface area contributed by atoms with Crippen molar-refractivity contribution in [3.63, 3.8) is 0 Å². The lowest BCUT2D eigenvalue weighted by atomic mass is 10.2. The Balaban J connectivity index is 2.06. The molecule has 3 nitrogen and oxygen atoms in total. The monoisotopic (exact) mass is 220 g/mol. The predicted octanol–water partition coefficient (Wildman–Crippen LogP) is 2.88. The summed E-state index contributed by atoms with van der Waals surface area (Å²) in [6.07, 6.45) is 2.50. The highest BCUT2D eigenvalue weighted by Gasteiger charge is 2.35. The van der Waals surface area contributed by atoms with Gasteiger partial charge in [0.1, 0.15) is 5.75 Å². The molecule has 3 N–H and O–H groups in total. The summed E-state index contributed by atoms with van der Waals surface area (Å²) in [5.74, 6) is 1.59. The van der Waals surface area contributed by atoms with Crippen LogP contribution in [0.1, 0.15) is 26.7 Å². The number of ether oxygens (including phenoxy) is 1. The normalized spacial score (nSPS) is 22.9. The molecule has 1 aliphatic rings. The summed E-state index contributed by atoms with van der Waals surface area (Å²) in [5, 5.41) is 3.48. The van der Waals surface area contributed by atoms with Crippen molar-refractivity contribution in [3.8, 4) is 5.75 Å². The zero-order valence-corrected chi connectivity index (χ0v) is 9.99. The zero-order valence-electron chi connectivity index (χ0n) is 9.99. The Hall–Kier alpha value is -1.38. The molecule has 16 heavy (non-hydrogen) atoms. The molecule has 0 heterocycles. The van der Waals surface area contributed by atoms with Gasteiger partial charge in [0.15, 0.2) is 0 Å². The second-order valence-electron chi connectivity index (χ2n) is 4.31. The summed E-state index contributed by atoms with van der Waals surface area (Å²) in [6.45, 7) is 4.84. The maximum atomic E-state index is 6.04. The Morgan fingerprint density at radius 1 is 1.44 bits per heavy atom. The fraction of sp³-hybridized carbons (Fsp3) is 0.538. The molecule has 1 aromatic carbocycles. The first-order chi connectivity index (χ1) is 7.76. The van der Waals surface area contributed by atoms with Crippen molar-refractivity contribution >= 4 is 11.4 Å². The van der Waals surface area contributed by atoms with E-state index in [1.807, 2.05) is 25.1 Å². The largest absolute Gasteiger partial charge is 0.492 e. The van der Waals surface area contributed by atoms with Crippen molar-refractivity contribution in [1.82, 2.24) is 0 Å². The van der Waals surface area contributed by atoms with Crippen molar-refractivity contribution in [2.24, 2.45) is 5.92 Å². The van der Waals surface area contributed by atoms with Crippen LogP contribution in [0.3, 0.4) is 0 Å². The Morgan fingerprint density at radius 2 is 2.25 bits per heavy atom. The quantitative estimate of drug-likeness (QED) is 0.750. The molecular formula is C13H20N2O. The van der Waals surface area contributed by atoms with Crippen LogP contribution in [0.15, 0.2) is 18.2 Å². The molecule has 0 aromatic heterocycles. The molecule has 88 valence electrons. The topological polar surface area (TPSA) is 47.3 Å². The van der Waals surface area contributed by atoms with Gasteiger partial charge >= 0.3 is 0 Å². The molecule has 0 aliphatic heterocycles. The molecule has 2 unspecified atom stereocenters. The summed E-state index contributed by atoms with van der Waals surface area (Å²) in [5.41, 5.74) is 7.78. The van der Waals surface area contributed by atoms with Gasteiger partial charge in [-0.1, -0.05) is 19.4 Å². The molecule has 1 aromatic rings. The van der Waals surface area contributed by atoms with E-state index in [-0.39, 0.29) is 0 Å². The van der Waals surface area contributed by atoms with Crippen molar-refractivity contribution in [2.45, 2.75) is 32.7 Å². The van der Waals surface area contributed by atoms with Crippen molar-refractivity contribution in [1.29, 1.82) is 0 Å². The van der Waals surface area contributed by atoms with Gasteiger partial charge in [0, 0.05) is 6.04 Å². The predicted molar refractivity (Wildman–Crippen MR) is 67.8 cm³/mol. The Labute approximate surface area is 97.0 Å². The molecule has 1 saturated carbocycles. The first-order valence-electron chi connectivity index (χ1n) is 6.04. The third kappa shape index (κ3) is 2.23. The van der Waals surface area contributed by atoms with Crippen LogP contribution >= 0.6 is 0 Å². The second kappa shape index (κ2) is 4.64. The maximum Gasteiger partial charge on any atom is 0.144 e. The first-order valence-corrected chi connectivity index (χ1v) is 6.04. The number of nitrogens with two attached hydrogens (primary N) is 1. The molecule has 0 bridgehead atoms. The van der Waals surface area contributed by atoms with Crippen LogP contribution in [-0.2, 0) is 0 Å². The second-order valence-corrected chi connectivity index (χ2v) is 4.31. The van der Waals surface area contributed by atoms with Gasteiger partial charge in [-0.15, -0.1) is 0 Å². The number of benzene rings is 1. The molecule has 0 saturated heterocycles. The van der Waals surface area contributed by atoms with Crippen LogP contribution in [0, 0.1) is 5.92 Å². The van der Waals surface area contributed by atoms with Crippen LogP contribution in [0.5, 0.6) is 5.75 Å². The Kier molecular flexibility index (Phi) is 3.22. The van der Waals surface area contributed by atoms with Gasteiger partial charge in [0.2, 0.25) is 0 Å². The molecular weight excluding hydrogens is 200 g/mol. The number of nitrogens with one attached hydrogen (secondary N) is 1. The minimum atomic E-state index is 0.601. The third-order valence-corrected chi connectivity index (χ3v) is 3.15. The standard InChI is InChI=1S/C13H20N2O/c1-3-9-8-11(9)15-10-6-5-7-12(13(10)14)16-4-2/h5-7,9,11,15H,3-4,8,14H2,1-2H3. The number of rotatable bonds is 5. The van der Waals surface area contributed by atoms with Gasteiger partial charge in [-0.3, -0.25) is 0 Å². The molecule has 3 heteroatoms. The summed E-state index contributed by atoms with van der Waals surface area (Å²) >= 11 is 0. The highest BCUT2D eigenvalue weighted by atomic mass is 16.5. The Bertz CT molecular complexity index is 365. The van der Waals surface area contributed by atoms with E-state index in [0.29, 0.717) is 12.6 Å². The lowest BCUT2D eigenvalue weighted by Crippen LogP contribution is -2.07. The molecule has 0 radical (unpaired) electrons. The van der Waals surface area contributed by atoms with Crippen LogP contribution in [-0.4, -0.2) is 12.6 Å². The lowest BCUT2D eigenvalue weighted by Gasteiger charge is -2.12. The minimum absolute atomic E-state index is 0.601. The van der Waals surface area contributed by atoms with Gasteiger partial charge < -0.3 is 15.8 Å². The number of anilines is 2. The average molecular weight is 220 g/mol. The van der Waals surface area contributed by atoms with Gasteiger partial charge in [-0.25, -0.2) is 0 Å². The summed E-state index contributed by atoms with van der Waals surface area (Å²) in [7, 11) is 0. The molecule has 2 rings (SSSR count). The zero-order chi connectivity index (χ0) is 11.5. The van der Waals surface area contributed by atoms with Crippen LogP contribution in [0.25, 0.3) is 0 Å². The van der Waals surface area contributed by atoms with E-state index < -0.39 is 0 Å². The van der Waals surface area contributed by atoms with Crippen molar-refractivity contribution < 1.29 is 4.74 Å². The lowest BCUT2D eigenvalue weighted by molar-refractivity contribution is 0.342. The average Bonchev–Trinajstić information content (AvgIpc) is 3.03. The fourth-order valence-corrected chi connectivity index (χ4v) is 2.03. The van der Waals surface area contributed by atoms with Crippen molar-refractivity contribution in [2.75, 3.05) is 17.7 Å². The van der Waals surface area contributed by atoms with Gasteiger partial charge in [-0.05, 0) is 31.4 Å². The minimum Gasteiger partial charge on any atom is -0.492 e. The first kappa shape index (κ1) is 11.1. The molecule has 1 aliphatic carbocycles. The third-order valence-electron chi connectivity index (χ3n) is 3.15. The Morgan fingerprint density at radius 3 is 2.88 bits per heavy atom. The summed E-state index contributed by atoms with van der Waals surface area (Å²) < 4.78 is 5.47. The van der Waals surface area contributed by atoms with E-state index >= 15 is 0 Å². The smallest absolute Gasteiger partial charge is 0.144 e. The van der Waals surface area contributed by atoms with E-state index in [1.165, 1.54) is 12.8 Å². The molecule has 2 atom stereocenters. The molecule has 1 fully saturated rings. The SMILES string of the molecule is CCOc1cccc(NC2CC2CC)c1N. The maximum absolute atomic E-state index is 6.04. The molecule has 0 spiro atoms. The van der Waals surface area contributed by atoms with Crippen LogP contribution in [0.2, 0.25) is 0 Å². The van der Waals surface area contributed by atoms with Crippen LogP contribution in [0.4, 0.5) is 11.4 Å². The van der Waals surface area contributed by atoms with Gasteiger partial charge in [0.25, 0.3) is 0 Å². The number of para-hydroxylation sites is 1. The highest BCUT2D eigenvalue weighted by molar-refractivity contribution is 5.73. The molecule has 0 amide bonds. The highest BCUT2D eigenvalue weighted by Crippen LogP contribution is 2.39. The van der Waals surface area contributed by atoms with Crippen molar-refractivity contribution in [3.05, 3.63) is 18.2 Å². The summed E-state index contributed by atoms with van der Waals surface area (Å²) in [4.78, 5) is 0. The summed E-state index contributed by atoms with van der Waals surface area (Å²) in [6, 6.07) is 6.51. The van der Waals surface area contributed by atoms with E-state index in [4.69, 9.17) is 10.5 Å². The number of nitrogen functional groups attached to an aromatic ring is 1. The number of hydrogen-bond donors (Lipinski definition) is 2. The van der Waals surface area contributed by atoms with Gasteiger partial charge in [-0.2, -0.15) is 0 Å². The van der Waals surface area contributed by atoms with E-state index in [9.17, 15) is 0 Å². The fourth-order valence-electron chi connectivity index (χ4n) is 2.03. The number of hydrogen-bond acceptors (Lipinski definition) is 3. The van der Waals surface area contributed by atoms with E-state index in [2.05, 4.69) is 12.2 Å². The van der Waals surface area contributed by atoms with Gasteiger partial charge in [0.05, 0.1) is 18.0 Å². The van der Waals surface area contributed by atoms with E-state index in [0.717, 1.165) is 23.0 Å².